The van der Waals surface area contributed by atoms with E-state index in [-0.39, 0.29) is 12.4 Å². The minimum absolute atomic E-state index is 0.231. The number of ether oxygens (including phenoxy) is 4. The van der Waals surface area contributed by atoms with E-state index >= 15 is 0 Å². The highest BCUT2D eigenvalue weighted by atomic mass is 32.2. The van der Waals surface area contributed by atoms with Gasteiger partial charge in [-0.25, -0.2) is 0 Å². The standard InChI is InChI=1S/C17H23NO8S/c1-6-7-27-17-14(18-9(2)19)16(25-12(5)22)15(24-11(4)21)13(26-17)8-23-10(3)20/h1,13-17H,7-8H2,2-5H3,(H,18,19)/t13-,14-,15-,16-,17?/m1/s1. The van der Waals surface area contributed by atoms with Gasteiger partial charge in [0.2, 0.25) is 5.91 Å². The summed E-state index contributed by atoms with van der Waals surface area (Å²) in [7, 11) is 0. The lowest BCUT2D eigenvalue weighted by atomic mass is 9.97. The molecule has 1 heterocycles. The molecule has 0 aliphatic carbocycles. The first-order valence-corrected chi connectivity index (χ1v) is 9.16. The van der Waals surface area contributed by atoms with Gasteiger partial charge < -0.3 is 24.3 Å². The predicted molar refractivity (Wildman–Crippen MR) is 95.3 cm³/mol. The van der Waals surface area contributed by atoms with Crippen LogP contribution in [0.5, 0.6) is 0 Å². The zero-order chi connectivity index (χ0) is 20.6. The molecule has 1 unspecified atom stereocenters. The van der Waals surface area contributed by atoms with E-state index in [2.05, 4.69) is 11.2 Å². The van der Waals surface area contributed by atoms with Crippen molar-refractivity contribution in [3.8, 4) is 12.3 Å². The van der Waals surface area contributed by atoms with Gasteiger partial charge in [-0.15, -0.1) is 18.2 Å². The first kappa shape index (κ1) is 22.8. The van der Waals surface area contributed by atoms with Gasteiger partial charge in [-0.3, -0.25) is 19.2 Å². The number of amides is 1. The largest absolute Gasteiger partial charge is 0.463 e. The maximum Gasteiger partial charge on any atom is 0.303 e. The first-order chi connectivity index (χ1) is 12.6. The number of rotatable bonds is 7. The number of thioether (sulfide) groups is 1. The van der Waals surface area contributed by atoms with Crippen LogP contribution in [-0.4, -0.2) is 66.0 Å². The number of terminal acetylenes is 1. The van der Waals surface area contributed by atoms with Gasteiger partial charge in [0.05, 0.1) is 5.75 Å². The third-order valence-electron chi connectivity index (χ3n) is 3.40. The summed E-state index contributed by atoms with van der Waals surface area (Å²) in [4.78, 5) is 46.0. The number of hydrogen-bond acceptors (Lipinski definition) is 9. The summed E-state index contributed by atoms with van der Waals surface area (Å²) in [6, 6.07) is -0.831. The van der Waals surface area contributed by atoms with Crippen LogP contribution >= 0.6 is 11.8 Å². The van der Waals surface area contributed by atoms with Crippen molar-refractivity contribution in [1.82, 2.24) is 5.32 Å². The van der Waals surface area contributed by atoms with Crippen LogP contribution < -0.4 is 5.32 Å². The van der Waals surface area contributed by atoms with Crippen LogP contribution in [0.2, 0.25) is 0 Å². The summed E-state index contributed by atoms with van der Waals surface area (Å²) in [5.74, 6) is 0.464. The minimum atomic E-state index is -1.09. The molecular weight excluding hydrogens is 378 g/mol. The normalized spacial score (nSPS) is 27.0. The average molecular weight is 401 g/mol. The highest BCUT2D eigenvalue weighted by Gasteiger charge is 2.50. The molecule has 1 rings (SSSR count). The molecule has 27 heavy (non-hydrogen) atoms. The molecule has 1 aliphatic heterocycles. The Bertz CT molecular complexity index is 617. The fourth-order valence-electron chi connectivity index (χ4n) is 2.56. The smallest absolute Gasteiger partial charge is 0.303 e. The van der Waals surface area contributed by atoms with E-state index in [4.69, 9.17) is 25.4 Å². The monoisotopic (exact) mass is 401 g/mol. The van der Waals surface area contributed by atoms with Crippen molar-refractivity contribution in [3.05, 3.63) is 0 Å². The Morgan fingerprint density at radius 2 is 1.63 bits per heavy atom. The van der Waals surface area contributed by atoms with Crippen LogP contribution in [0, 0.1) is 12.3 Å². The topological polar surface area (TPSA) is 117 Å². The molecule has 1 saturated heterocycles. The summed E-state index contributed by atoms with van der Waals surface area (Å²) in [6.07, 6.45) is 2.23. The Labute approximate surface area is 161 Å². The molecule has 0 aromatic rings. The number of carbonyl (C=O) groups is 4. The van der Waals surface area contributed by atoms with E-state index in [1.165, 1.54) is 39.5 Å². The van der Waals surface area contributed by atoms with Crippen LogP contribution in [0.3, 0.4) is 0 Å². The van der Waals surface area contributed by atoms with Crippen molar-refractivity contribution < 1.29 is 38.1 Å². The molecule has 1 aliphatic rings. The van der Waals surface area contributed by atoms with E-state index in [0.717, 1.165) is 0 Å². The molecule has 1 N–H and O–H groups in total. The highest BCUT2D eigenvalue weighted by molar-refractivity contribution is 8.00. The van der Waals surface area contributed by atoms with Crippen molar-refractivity contribution in [2.75, 3.05) is 12.4 Å². The molecule has 0 radical (unpaired) electrons. The van der Waals surface area contributed by atoms with Gasteiger partial charge in [0.15, 0.2) is 12.2 Å². The van der Waals surface area contributed by atoms with Crippen LogP contribution in [-0.2, 0) is 38.1 Å². The summed E-state index contributed by atoms with van der Waals surface area (Å²) in [5, 5.41) is 2.66. The Morgan fingerprint density at radius 3 is 2.11 bits per heavy atom. The number of carbonyl (C=O) groups excluding carboxylic acids is 4. The Kier molecular flexibility index (Phi) is 9.11. The SMILES string of the molecule is C#CCSC1O[C@H](COC(C)=O)[C@@H](OC(C)=O)[C@H](OC(C)=O)[C@H]1NC(C)=O. The van der Waals surface area contributed by atoms with Gasteiger partial charge in [0, 0.05) is 27.7 Å². The van der Waals surface area contributed by atoms with E-state index in [0.29, 0.717) is 0 Å². The zero-order valence-corrected chi connectivity index (χ0v) is 16.4. The number of esters is 3. The van der Waals surface area contributed by atoms with E-state index in [9.17, 15) is 19.2 Å². The van der Waals surface area contributed by atoms with Gasteiger partial charge >= 0.3 is 17.9 Å². The molecule has 9 nitrogen and oxygen atoms in total. The van der Waals surface area contributed by atoms with Gasteiger partial charge in [-0.1, -0.05) is 5.92 Å². The maximum atomic E-state index is 11.7. The van der Waals surface area contributed by atoms with E-state index in [1.54, 1.807) is 0 Å². The fraction of sp³-hybridized carbons (Fsp3) is 0.647. The molecule has 0 spiro atoms. The Morgan fingerprint density at radius 1 is 1.04 bits per heavy atom. The molecule has 1 amide bonds. The molecule has 5 atom stereocenters. The summed E-state index contributed by atoms with van der Waals surface area (Å²) in [6.45, 7) is 4.65. The molecule has 0 bridgehead atoms. The van der Waals surface area contributed by atoms with Gasteiger partial charge in [0.25, 0.3) is 0 Å². The van der Waals surface area contributed by atoms with Crippen molar-refractivity contribution in [2.24, 2.45) is 0 Å². The molecule has 0 aromatic carbocycles. The summed E-state index contributed by atoms with van der Waals surface area (Å²) >= 11 is 1.19. The number of hydrogen-bond donors (Lipinski definition) is 1. The van der Waals surface area contributed by atoms with Gasteiger partial charge in [0.1, 0.15) is 24.2 Å². The lowest BCUT2D eigenvalue weighted by Crippen LogP contribution is -2.65. The van der Waals surface area contributed by atoms with Gasteiger partial charge in [-0.05, 0) is 0 Å². The molecular formula is C17H23NO8S. The van der Waals surface area contributed by atoms with Crippen LogP contribution in [0.4, 0.5) is 0 Å². The third-order valence-corrected chi connectivity index (χ3v) is 4.47. The quantitative estimate of drug-likeness (QED) is 0.357. The molecule has 0 saturated carbocycles. The van der Waals surface area contributed by atoms with Crippen LogP contribution in [0.15, 0.2) is 0 Å². The minimum Gasteiger partial charge on any atom is -0.463 e. The summed E-state index contributed by atoms with van der Waals surface area (Å²) < 4.78 is 21.5. The molecule has 0 aromatic heterocycles. The molecule has 150 valence electrons. The molecule has 10 heteroatoms. The second kappa shape index (κ2) is 10.8. The van der Waals surface area contributed by atoms with E-state index < -0.39 is 53.6 Å². The van der Waals surface area contributed by atoms with E-state index in [1.807, 2.05) is 0 Å². The first-order valence-electron chi connectivity index (χ1n) is 8.11. The highest BCUT2D eigenvalue weighted by Crippen LogP contribution is 2.32. The van der Waals surface area contributed by atoms with Crippen molar-refractivity contribution in [2.45, 2.75) is 57.5 Å². The molecule has 1 fully saturated rings. The second-order valence-corrected chi connectivity index (χ2v) is 6.82. The lowest BCUT2D eigenvalue weighted by molar-refractivity contribution is -0.211. The Balaban J connectivity index is 3.25. The maximum absolute atomic E-state index is 11.7. The fourth-order valence-corrected chi connectivity index (χ4v) is 3.48. The van der Waals surface area contributed by atoms with Crippen LogP contribution in [0.1, 0.15) is 27.7 Å². The lowest BCUT2D eigenvalue weighted by Gasteiger charge is -2.45. The van der Waals surface area contributed by atoms with Crippen LogP contribution in [0.25, 0.3) is 0 Å². The second-order valence-electron chi connectivity index (χ2n) is 5.74. The van der Waals surface area contributed by atoms with Crippen molar-refractivity contribution in [1.29, 1.82) is 0 Å². The third kappa shape index (κ3) is 7.48. The summed E-state index contributed by atoms with van der Waals surface area (Å²) in [5.41, 5.74) is -0.721. The van der Waals surface area contributed by atoms with Gasteiger partial charge in [-0.2, -0.15) is 0 Å². The zero-order valence-electron chi connectivity index (χ0n) is 15.6. The number of nitrogens with one attached hydrogen (secondary N) is 1. The van der Waals surface area contributed by atoms with Crippen molar-refractivity contribution >= 4 is 35.6 Å². The average Bonchev–Trinajstić information content (AvgIpc) is 2.54. The van der Waals surface area contributed by atoms with Crippen molar-refractivity contribution in [3.63, 3.8) is 0 Å². The Hall–Kier alpha value is -2.25. The predicted octanol–water partition coefficient (Wildman–Crippen LogP) is 0.00890.